The van der Waals surface area contributed by atoms with Crippen LogP contribution in [0.4, 0.5) is 11.6 Å². The van der Waals surface area contributed by atoms with Crippen LogP contribution in [0.3, 0.4) is 0 Å². The van der Waals surface area contributed by atoms with Crippen molar-refractivity contribution in [2.75, 3.05) is 43.9 Å². The van der Waals surface area contributed by atoms with E-state index in [1.807, 2.05) is 0 Å². The van der Waals surface area contributed by atoms with Gasteiger partial charge >= 0.3 is 0 Å². The molecule has 0 aromatic carbocycles. The number of rotatable bonds is 3. The molecule has 2 heterocycles. The fourth-order valence-corrected chi connectivity index (χ4v) is 1.94. The van der Waals surface area contributed by atoms with Crippen LogP contribution in [0.5, 0.6) is 0 Å². The van der Waals surface area contributed by atoms with E-state index in [2.05, 4.69) is 25.3 Å². The van der Waals surface area contributed by atoms with Crippen molar-refractivity contribution in [1.29, 1.82) is 0 Å². The molecule has 18 heavy (non-hydrogen) atoms. The van der Waals surface area contributed by atoms with Crippen molar-refractivity contribution in [1.82, 2.24) is 15.3 Å². The SMILES string of the molecule is CON=Cc1c(N)ncnc1N1CCCNCC1. The molecule has 0 aliphatic carbocycles. The molecule has 7 heteroatoms. The van der Waals surface area contributed by atoms with Crippen molar-refractivity contribution >= 4 is 17.9 Å². The lowest BCUT2D eigenvalue weighted by Gasteiger charge is -2.22. The third kappa shape index (κ3) is 2.86. The van der Waals surface area contributed by atoms with E-state index in [0.29, 0.717) is 11.4 Å². The van der Waals surface area contributed by atoms with Crippen LogP contribution in [-0.2, 0) is 4.84 Å². The molecule has 1 fully saturated rings. The zero-order chi connectivity index (χ0) is 12.8. The Morgan fingerprint density at radius 1 is 1.44 bits per heavy atom. The Balaban J connectivity index is 2.30. The summed E-state index contributed by atoms with van der Waals surface area (Å²) in [5.41, 5.74) is 6.58. The van der Waals surface area contributed by atoms with Gasteiger partial charge in [-0.3, -0.25) is 0 Å². The number of anilines is 2. The summed E-state index contributed by atoms with van der Waals surface area (Å²) in [5.74, 6) is 1.23. The average molecular weight is 250 g/mol. The molecule has 1 saturated heterocycles. The third-order valence-electron chi connectivity index (χ3n) is 2.82. The summed E-state index contributed by atoms with van der Waals surface area (Å²) in [7, 11) is 1.49. The van der Waals surface area contributed by atoms with Crippen molar-refractivity contribution in [3.8, 4) is 0 Å². The summed E-state index contributed by atoms with van der Waals surface area (Å²) >= 11 is 0. The quantitative estimate of drug-likeness (QED) is 0.572. The molecular weight excluding hydrogens is 232 g/mol. The largest absolute Gasteiger partial charge is 0.399 e. The first-order valence-electron chi connectivity index (χ1n) is 5.95. The highest BCUT2D eigenvalue weighted by molar-refractivity contribution is 5.91. The molecule has 1 aromatic heterocycles. The van der Waals surface area contributed by atoms with Gasteiger partial charge in [0.25, 0.3) is 0 Å². The number of hydrogen-bond donors (Lipinski definition) is 2. The molecule has 2 rings (SSSR count). The van der Waals surface area contributed by atoms with E-state index in [9.17, 15) is 0 Å². The Bertz CT molecular complexity index is 414. The molecule has 0 amide bonds. The summed E-state index contributed by atoms with van der Waals surface area (Å²) in [6.45, 7) is 3.80. The first kappa shape index (κ1) is 12.6. The smallest absolute Gasteiger partial charge is 0.143 e. The minimum atomic E-state index is 0.415. The van der Waals surface area contributed by atoms with Crippen LogP contribution < -0.4 is 16.0 Å². The van der Waals surface area contributed by atoms with E-state index in [4.69, 9.17) is 10.6 Å². The number of nitrogens with zero attached hydrogens (tertiary/aromatic N) is 4. The number of nitrogen functional groups attached to an aromatic ring is 1. The van der Waals surface area contributed by atoms with Gasteiger partial charge in [0.05, 0.1) is 11.8 Å². The molecule has 0 spiro atoms. The van der Waals surface area contributed by atoms with E-state index in [0.717, 1.165) is 38.4 Å². The van der Waals surface area contributed by atoms with E-state index in [-0.39, 0.29) is 0 Å². The Morgan fingerprint density at radius 3 is 3.17 bits per heavy atom. The van der Waals surface area contributed by atoms with Crippen LogP contribution in [0.1, 0.15) is 12.0 Å². The number of nitrogens with two attached hydrogens (primary N) is 1. The minimum absolute atomic E-state index is 0.415. The van der Waals surface area contributed by atoms with Crippen LogP contribution in [-0.4, -0.2) is 49.5 Å². The molecule has 1 aliphatic heterocycles. The average Bonchev–Trinajstić information content (AvgIpc) is 2.66. The van der Waals surface area contributed by atoms with Crippen LogP contribution in [0.15, 0.2) is 11.5 Å². The fourth-order valence-electron chi connectivity index (χ4n) is 1.94. The van der Waals surface area contributed by atoms with Gasteiger partial charge in [-0.1, -0.05) is 5.16 Å². The number of aromatic nitrogens is 2. The lowest BCUT2D eigenvalue weighted by Crippen LogP contribution is -2.30. The maximum absolute atomic E-state index is 5.87. The van der Waals surface area contributed by atoms with Crippen molar-refractivity contribution in [3.05, 3.63) is 11.9 Å². The highest BCUT2D eigenvalue weighted by atomic mass is 16.6. The van der Waals surface area contributed by atoms with Crippen LogP contribution in [0, 0.1) is 0 Å². The Labute approximate surface area is 106 Å². The molecule has 7 nitrogen and oxygen atoms in total. The highest BCUT2D eigenvalue weighted by Crippen LogP contribution is 2.20. The highest BCUT2D eigenvalue weighted by Gasteiger charge is 2.16. The van der Waals surface area contributed by atoms with E-state index < -0.39 is 0 Å². The minimum Gasteiger partial charge on any atom is -0.399 e. The van der Waals surface area contributed by atoms with Crippen LogP contribution >= 0.6 is 0 Å². The number of oxime groups is 1. The van der Waals surface area contributed by atoms with E-state index >= 15 is 0 Å². The number of hydrogen-bond acceptors (Lipinski definition) is 7. The first-order valence-corrected chi connectivity index (χ1v) is 5.95. The van der Waals surface area contributed by atoms with Crippen LogP contribution in [0.25, 0.3) is 0 Å². The molecule has 0 bridgehead atoms. The maximum Gasteiger partial charge on any atom is 0.143 e. The normalized spacial score (nSPS) is 16.8. The summed E-state index contributed by atoms with van der Waals surface area (Å²) in [4.78, 5) is 15.2. The predicted octanol–water partition coefficient (Wildman–Crippen LogP) is -0.161. The third-order valence-corrected chi connectivity index (χ3v) is 2.82. The zero-order valence-corrected chi connectivity index (χ0v) is 10.5. The lowest BCUT2D eigenvalue weighted by molar-refractivity contribution is 0.215. The molecule has 0 unspecified atom stereocenters. The monoisotopic (exact) mass is 250 g/mol. The second-order valence-corrected chi connectivity index (χ2v) is 4.00. The zero-order valence-electron chi connectivity index (χ0n) is 10.5. The summed E-state index contributed by atoms with van der Waals surface area (Å²) < 4.78 is 0. The van der Waals surface area contributed by atoms with Crippen molar-refractivity contribution in [2.24, 2.45) is 5.16 Å². The lowest BCUT2D eigenvalue weighted by atomic mass is 10.2. The molecule has 1 aliphatic rings. The van der Waals surface area contributed by atoms with Gasteiger partial charge in [0.1, 0.15) is 25.1 Å². The molecule has 0 saturated carbocycles. The van der Waals surface area contributed by atoms with Crippen molar-refractivity contribution in [3.63, 3.8) is 0 Å². The standard InChI is InChI=1S/C11H18N6O/c1-18-16-7-9-10(12)14-8-15-11(9)17-5-2-3-13-4-6-17/h7-8,13H,2-6H2,1H3,(H2,12,14,15). The second-order valence-electron chi connectivity index (χ2n) is 4.00. The van der Waals surface area contributed by atoms with Crippen LogP contribution in [0.2, 0.25) is 0 Å². The predicted molar refractivity (Wildman–Crippen MR) is 70.7 cm³/mol. The molecule has 0 atom stereocenters. The summed E-state index contributed by atoms with van der Waals surface area (Å²) in [5, 5.41) is 7.10. The molecule has 3 N–H and O–H groups in total. The van der Waals surface area contributed by atoms with Gasteiger partial charge in [0.2, 0.25) is 0 Å². The van der Waals surface area contributed by atoms with Crippen molar-refractivity contribution < 1.29 is 4.84 Å². The summed E-state index contributed by atoms with van der Waals surface area (Å²) in [6, 6.07) is 0. The molecular formula is C11H18N6O. The Kier molecular flexibility index (Phi) is 4.30. The first-order chi connectivity index (χ1) is 8.83. The van der Waals surface area contributed by atoms with Crippen molar-refractivity contribution in [2.45, 2.75) is 6.42 Å². The van der Waals surface area contributed by atoms with E-state index in [1.165, 1.54) is 13.4 Å². The van der Waals surface area contributed by atoms with Gasteiger partial charge in [0, 0.05) is 19.6 Å². The number of nitrogens with one attached hydrogen (secondary N) is 1. The van der Waals surface area contributed by atoms with Gasteiger partial charge in [-0.05, 0) is 13.0 Å². The molecule has 98 valence electrons. The Morgan fingerprint density at radius 2 is 2.33 bits per heavy atom. The Hall–Kier alpha value is -1.89. The van der Waals surface area contributed by atoms with Gasteiger partial charge in [0.15, 0.2) is 0 Å². The van der Waals surface area contributed by atoms with Gasteiger partial charge in [-0.25, -0.2) is 9.97 Å². The van der Waals surface area contributed by atoms with E-state index in [1.54, 1.807) is 6.21 Å². The van der Waals surface area contributed by atoms with Gasteiger partial charge < -0.3 is 20.8 Å². The second kappa shape index (κ2) is 6.15. The van der Waals surface area contributed by atoms with Gasteiger partial charge in [-0.2, -0.15) is 0 Å². The fraction of sp³-hybridized carbons (Fsp3) is 0.545. The molecule has 1 aromatic rings. The maximum atomic E-state index is 5.87. The topological polar surface area (TPSA) is 88.7 Å². The summed E-state index contributed by atoms with van der Waals surface area (Å²) in [6.07, 6.45) is 4.11. The molecule has 0 radical (unpaired) electrons. The van der Waals surface area contributed by atoms with Gasteiger partial charge in [-0.15, -0.1) is 0 Å².